The number of rotatable bonds is 1. The van der Waals surface area contributed by atoms with Crippen molar-refractivity contribution in [2.75, 3.05) is 0 Å². The summed E-state index contributed by atoms with van der Waals surface area (Å²) in [5.41, 5.74) is 0. The van der Waals surface area contributed by atoms with Gasteiger partial charge in [-0.25, -0.2) is 0 Å². The summed E-state index contributed by atoms with van der Waals surface area (Å²) in [6, 6.07) is 0. The van der Waals surface area contributed by atoms with Gasteiger partial charge >= 0.3 is 0 Å². The molecule has 4 aliphatic carbocycles. The molecule has 1 nitrogen and oxygen atoms in total. The van der Waals surface area contributed by atoms with Crippen LogP contribution in [0, 0.1) is 17.8 Å². The van der Waals surface area contributed by atoms with Gasteiger partial charge in [-0.05, 0) is 87.3 Å². The highest BCUT2D eigenvalue weighted by Crippen LogP contribution is 2.80. The molecule has 0 radical (unpaired) electrons. The second-order valence-corrected chi connectivity index (χ2v) is 16.3. The Bertz CT molecular complexity index is 274. The first-order valence-corrected chi connectivity index (χ1v) is 11.2. The lowest BCUT2D eigenvalue weighted by Gasteiger charge is -2.56. The van der Waals surface area contributed by atoms with Crippen molar-refractivity contribution in [2.24, 2.45) is 17.8 Å². The molecule has 4 bridgehead atoms. The Balaban J connectivity index is 1.99. The van der Waals surface area contributed by atoms with E-state index in [9.17, 15) is 4.57 Å². The van der Waals surface area contributed by atoms with E-state index in [0.29, 0.717) is 0 Å². The zero-order valence-electron chi connectivity index (χ0n) is 8.09. The summed E-state index contributed by atoms with van der Waals surface area (Å²) in [5.74, 6) is 2.64. The Morgan fingerprint density at radius 3 is 1.57 bits per heavy atom. The van der Waals surface area contributed by atoms with E-state index in [1.165, 1.54) is 38.5 Å². The fraction of sp³-hybridized carbons (Fsp3) is 1.00. The third-order valence-corrected chi connectivity index (χ3v) is 10.7. The van der Waals surface area contributed by atoms with Crippen molar-refractivity contribution in [2.45, 2.75) is 43.7 Å². The summed E-state index contributed by atoms with van der Waals surface area (Å²) in [6.45, 7) is 0. The molecule has 0 spiro atoms. The third-order valence-electron chi connectivity index (χ3n) is 4.56. The van der Waals surface area contributed by atoms with Crippen molar-refractivity contribution in [1.82, 2.24) is 0 Å². The molecule has 0 amide bonds. The van der Waals surface area contributed by atoms with Crippen molar-refractivity contribution in [3.8, 4) is 0 Å². The van der Waals surface area contributed by atoms with Crippen LogP contribution in [0.2, 0.25) is 0 Å². The van der Waals surface area contributed by atoms with Crippen LogP contribution >= 0.6 is 35.5 Å². The van der Waals surface area contributed by atoms with E-state index in [1.807, 2.05) is 0 Å². The zero-order chi connectivity index (χ0) is 9.97. The first-order chi connectivity index (χ1) is 6.48. The monoisotopic (exact) mass is 340 g/mol. The predicted molar refractivity (Wildman–Crippen MR) is 66.4 cm³/mol. The van der Waals surface area contributed by atoms with Crippen LogP contribution in [0.1, 0.15) is 38.5 Å². The predicted octanol–water partition coefficient (Wildman–Crippen LogP) is 4.94. The molecule has 4 aliphatic rings. The summed E-state index contributed by atoms with van der Waals surface area (Å²) in [5, 5.41) is 0.127. The Kier molecular flexibility index (Phi) is 2.30. The summed E-state index contributed by atoms with van der Waals surface area (Å²) in [6.07, 6.45) is 7.85. The Labute approximate surface area is 101 Å². The van der Waals surface area contributed by atoms with Gasteiger partial charge in [-0.1, -0.05) is 0 Å². The first kappa shape index (κ1) is 10.4. The smallest absolute Gasteiger partial charge is 0.213 e. The van der Waals surface area contributed by atoms with Gasteiger partial charge in [-0.2, -0.15) is 0 Å². The van der Waals surface area contributed by atoms with Crippen LogP contribution in [-0.2, 0) is 4.57 Å². The standard InChI is InChI=1S/C10H15Br2OP/c11-14(12,13)10-4-7-1-8(5-10)3-9(2-7)6-10/h7-9H,1-6H2. The molecule has 0 N–H and O–H groups in total. The topological polar surface area (TPSA) is 17.1 Å². The molecule has 4 heteroatoms. The first-order valence-electron chi connectivity index (χ1n) is 5.48. The molecule has 4 saturated carbocycles. The summed E-state index contributed by atoms with van der Waals surface area (Å²) in [4.78, 5) is 0. The lowest BCUT2D eigenvalue weighted by Crippen LogP contribution is -2.48. The highest BCUT2D eigenvalue weighted by Gasteiger charge is 2.57. The molecular weight excluding hydrogens is 327 g/mol. The van der Waals surface area contributed by atoms with E-state index < -0.39 is 4.55 Å². The molecule has 0 aromatic heterocycles. The van der Waals surface area contributed by atoms with Gasteiger partial charge in [0.15, 0.2) is 0 Å². The minimum Gasteiger partial charge on any atom is -0.299 e. The molecule has 14 heavy (non-hydrogen) atoms. The molecule has 0 saturated heterocycles. The quantitative estimate of drug-likeness (QED) is 0.617. The van der Waals surface area contributed by atoms with Gasteiger partial charge in [-0.15, -0.1) is 0 Å². The Hall–Kier alpha value is 1.19. The summed E-state index contributed by atoms with van der Waals surface area (Å²) in [7, 11) is 0. The van der Waals surface area contributed by atoms with Gasteiger partial charge in [0.1, 0.15) is 0 Å². The van der Waals surface area contributed by atoms with Crippen molar-refractivity contribution < 1.29 is 4.57 Å². The maximum atomic E-state index is 12.3. The van der Waals surface area contributed by atoms with Crippen molar-refractivity contribution in [3.05, 3.63) is 0 Å². The highest BCUT2D eigenvalue weighted by atomic mass is 79.9. The molecule has 0 aliphatic heterocycles. The number of halogens is 2. The third kappa shape index (κ3) is 1.42. The van der Waals surface area contributed by atoms with Crippen LogP contribution in [0.15, 0.2) is 0 Å². The van der Waals surface area contributed by atoms with Gasteiger partial charge in [0.05, 0.1) is 0 Å². The Morgan fingerprint density at radius 1 is 0.929 bits per heavy atom. The molecule has 4 fully saturated rings. The SMILES string of the molecule is O=P(Br)(Br)C12CC3CC(CC(C3)C1)C2. The van der Waals surface area contributed by atoms with Crippen molar-refractivity contribution in [3.63, 3.8) is 0 Å². The van der Waals surface area contributed by atoms with Crippen LogP contribution in [0.25, 0.3) is 0 Å². The van der Waals surface area contributed by atoms with Gasteiger partial charge in [0.2, 0.25) is 4.55 Å². The normalized spacial score (nSPS) is 51.1. The van der Waals surface area contributed by atoms with Gasteiger partial charge in [-0.3, -0.25) is 4.57 Å². The van der Waals surface area contributed by atoms with E-state index in [2.05, 4.69) is 31.0 Å². The van der Waals surface area contributed by atoms with Crippen LogP contribution in [0.5, 0.6) is 0 Å². The van der Waals surface area contributed by atoms with Crippen LogP contribution < -0.4 is 0 Å². The van der Waals surface area contributed by atoms with E-state index in [-0.39, 0.29) is 5.16 Å². The van der Waals surface area contributed by atoms with Crippen LogP contribution in [0.3, 0.4) is 0 Å². The fourth-order valence-corrected chi connectivity index (χ4v) is 8.40. The maximum absolute atomic E-state index is 12.3. The lowest BCUT2D eigenvalue weighted by molar-refractivity contribution is 0.0351. The van der Waals surface area contributed by atoms with Crippen molar-refractivity contribution in [1.29, 1.82) is 0 Å². The molecule has 80 valence electrons. The minimum atomic E-state index is -2.24. The molecular formula is C10H15Br2OP. The number of hydrogen-bond acceptors (Lipinski definition) is 1. The molecule has 0 aromatic rings. The largest absolute Gasteiger partial charge is 0.299 e. The molecule has 4 rings (SSSR count). The van der Waals surface area contributed by atoms with E-state index in [4.69, 9.17) is 0 Å². The van der Waals surface area contributed by atoms with Gasteiger partial charge in [0, 0.05) is 5.16 Å². The average Bonchev–Trinajstić information content (AvgIpc) is 1.98. The highest BCUT2D eigenvalue weighted by molar-refractivity contribution is 9.70. The van der Waals surface area contributed by atoms with E-state index in [1.54, 1.807) is 0 Å². The molecule has 0 atom stereocenters. The summed E-state index contributed by atoms with van der Waals surface area (Å²) < 4.78 is 10.1. The summed E-state index contributed by atoms with van der Waals surface area (Å²) >= 11 is 6.88. The van der Waals surface area contributed by atoms with E-state index in [0.717, 1.165) is 17.8 Å². The molecule has 0 aromatic carbocycles. The fourth-order valence-electron chi connectivity index (χ4n) is 4.38. The van der Waals surface area contributed by atoms with E-state index >= 15 is 0 Å². The zero-order valence-corrected chi connectivity index (χ0v) is 12.2. The second-order valence-electron chi connectivity index (χ2n) is 5.60. The average molecular weight is 342 g/mol. The van der Waals surface area contributed by atoms with Crippen LogP contribution in [-0.4, -0.2) is 5.16 Å². The molecule has 0 heterocycles. The van der Waals surface area contributed by atoms with Gasteiger partial charge in [0.25, 0.3) is 0 Å². The Morgan fingerprint density at radius 2 is 1.29 bits per heavy atom. The van der Waals surface area contributed by atoms with Gasteiger partial charge < -0.3 is 0 Å². The molecule has 0 unspecified atom stereocenters. The lowest BCUT2D eigenvalue weighted by atomic mass is 9.56. The van der Waals surface area contributed by atoms with Crippen molar-refractivity contribution >= 4 is 35.5 Å². The minimum absolute atomic E-state index is 0.127. The number of hydrogen-bond donors (Lipinski definition) is 0. The second kappa shape index (κ2) is 3.11. The maximum Gasteiger partial charge on any atom is 0.213 e. The van der Waals surface area contributed by atoms with Crippen LogP contribution in [0.4, 0.5) is 0 Å².